The maximum atomic E-state index is 12.9. The summed E-state index contributed by atoms with van der Waals surface area (Å²) in [5.74, 6) is -0.391. The highest BCUT2D eigenvalue weighted by Crippen LogP contribution is 2.26. The SMILES string of the molecule is CCCC/C=C\CCCCCCCC(=O)OC(COCCCCCCCC/C=C\CCCCC)COC1OC(COC2OC(CO)C(O)C(O)C2O)C(O)C(O)C1O. The monoisotopic (exact) mass is 833 g/mol. The normalized spacial score (nSPS) is 28.4. The van der Waals surface area contributed by atoms with Crippen molar-refractivity contribution in [1.82, 2.24) is 0 Å². The second-order valence-corrected chi connectivity index (χ2v) is 15.9. The summed E-state index contributed by atoms with van der Waals surface area (Å²) < 4.78 is 34.1. The molecular formula is C44H80O14. The minimum Gasteiger partial charge on any atom is -0.457 e. The van der Waals surface area contributed by atoms with Crippen molar-refractivity contribution in [1.29, 1.82) is 0 Å². The number of aliphatic hydroxyl groups is 7. The summed E-state index contributed by atoms with van der Waals surface area (Å²) in [6.45, 7) is 3.58. The van der Waals surface area contributed by atoms with Crippen LogP contribution in [-0.4, -0.2) is 142 Å². The fourth-order valence-electron chi connectivity index (χ4n) is 6.91. The molecule has 0 aromatic carbocycles. The van der Waals surface area contributed by atoms with Gasteiger partial charge in [0, 0.05) is 13.0 Å². The molecule has 0 amide bonds. The van der Waals surface area contributed by atoms with Crippen LogP contribution >= 0.6 is 0 Å². The minimum atomic E-state index is -1.71. The second-order valence-electron chi connectivity index (χ2n) is 15.9. The Morgan fingerprint density at radius 1 is 0.552 bits per heavy atom. The summed E-state index contributed by atoms with van der Waals surface area (Å²) >= 11 is 0. The number of esters is 1. The zero-order valence-electron chi connectivity index (χ0n) is 35.5. The Kier molecular flexibility index (Phi) is 30.1. The summed E-state index contributed by atoms with van der Waals surface area (Å²) in [5.41, 5.74) is 0. The quantitative estimate of drug-likeness (QED) is 0.0261. The van der Waals surface area contributed by atoms with Gasteiger partial charge in [0.1, 0.15) is 54.9 Å². The van der Waals surface area contributed by atoms with E-state index in [1.807, 2.05) is 0 Å². The van der Waals surface area contributed by atoms with Gasteiger partial charge in [0.15, 0.2) is 12.6 Å². The minimum absolute atomic E-state index is 0.0553. The number of hydrogen-bond acceptors (Lipinski definition) is 14. The third-order valence-corrected chi connectivity index (χ3v) is 10.7. The molecule has 11 unspecified atom stereocenters. The van der Waals surface area contributed by atoms with E-state index >= 15 is 0 Å². The van der Waals surface area contributed by atoms with Crippen LogP contribution in [0.1, 0.15) is 149 Å². The van der Waals surface area contributed by atoms with Crippen LogP contribution in [-0.2, 0) is 33.2 Å². The molecule has 2 rings (SSSR count). The van der Waals surface area contributed by atoms with Crippen molar-refractivity contribution in [3.8, 4) is 0 Å². The molecule has 11 atom stereocenters. The molecule has 58 heavy (non-hydrogen) atoms. The van der Waals surface area contributed by atoms with Gasteiger partial charge in [-0.2, -0.15) is 0 Å². The maximum Gasteiger partial charge on any atom is 0.306 e. The number of carbonyl (C=O) groups excluding carboxylic acids is 1. The van der Waals surface area contributed by atoms with Crippen molar-refractivity contribution in [3.63, 3.8) is 0 Å². The number of allylic oxidation sites excluding steroid dienone is 4. The van der Waals surface area contributed by atoms with E-state index in [4.69, 9.17) is 28.4 Å². The average Bonchev–Trinajstić information content (AvgIpc) is 3.22. The Morgan fingerprint density at radius 3 is 1.62 bits per heavy atom. The van der Waals surface area contributed by atoms with Gasteiger partial charge in [-0.25, -0.2) is 0 Å². The number of hydrogen-bond donors (Lipinski definition) is 7. The lowest BCUT2D eigenvalue weighted by molar-refractivity contribution is -0.332. The first-order chi connectivity index (χ1) is 28.1. The van der Waals surface area contributed by atoms with Crippen molar-refractivity contribution in [2.45, 2.75) is 216 Å². The third kappa shape index (κ3) is 21.8. The van der Waals surface area contributed by atoms with Gasteiger partial charge in [-0.3, -0.25) is 4.79 Å². The van der Waals surface area contributed by atoms with Crippen LogP contribution in [0.4, 0.5) is 0 Å². The van der Waals surface area contributed by atoms with Crippen molar-refractivity contribution >= 4 is 5.97 Å². The molecule has 2 heterocycles. The summed E-state index contributed by atoms with van der Waals surface area (Å²) in [5, 5.41) is 71.8. The number of aliphatic hydroxyl groups excluding tert-OH is 7. The van der Waals surface area contributed by atoms with Crippen LogP contribution in [0.3, 0.4) is 0 Å². The van der Waals surface area contributed by atoms with Crippen molar-refractivity contribution in [3.05, 3.63) is 24.3 Å². The Balaban J connectivity index is 1.83. The van der Waals surface area contributed by atoms with E-state index in [1.165, 1.54) is 57.8 Å². The van der Waals surface area contributed by atoms with Crippen molar-refractivity contribution < 1.29 is 69.0 Å². The first-order valence-electron chi connectivity index (χ1n) is 22.4. The zero-order valence-corrected chi connectivity index (χ0v) is 35.5. The highest BCUT2D eigenvalue weighted by Gasteiger charge is 2.47. The van der Waals surface area contributed by atoms with Gasteiger partial charge in [-0.15, -0.1) is 0 Å². The fraction of sp³-hybridized carbons (Fsp3) is 0.886. The molecule has 2 fully saturated rings. The molecule has 14 nitrogen and oxygen atoms in total. The van der Waals surface area contributed by atoms with E-state index in [-0.39, 0.29) is 19.6 Å². The molecule has 2 aliphatic rings. The molecule has 0 bridgehead atoms. The van der Waals surface area contributed by atoms with Gasteiger partial charge in [-0.05, 0) is 57.8 Å². The molecule has 2 aliphatic heterocycles. The van der Waals surface area contributed by atoms with Gasteiger partial charge < -0.3 is 64.2 Å². The highest BCUT2D eigenvalue weighted by molar-refractivity contribution is 5.69. The van der Waals surface area contributed by atoms with Crippen LogP contribution in [0.15, 0.2) is 24.3 Å². The maximum absolute atomic E-state index is 12.9. The highest BCUT2D eigenvalue weighted by atomic mass is 16.7. The summed E-state index contributed by atoms with van der Waals surface area (Å²) in [6.07, 6.45) is 15.4. The van der Waals surface area contributed by atoms with Gasteiger partial charge >= 0.3 is 5.97 Å². The molecule has 0 spiro atoms. The molecule has 14 heteroatoms. The molecule has 2 saturated heterocycles. The van der Waals surface area contributed by atoms with E-state index in [9.17, 15) is 40.5 Å². The van der Waals surface area contributed by atoms with Crippen LogP contribution < -0.4 is 0 Å². The topological polar surface area (TPSA) is 214 Å². The first kappa shape index (κ1) is 52.6. The number of carbonyl (C=O) groups is 1. The Bertz CT molecular complexity index is 1060. The zero-order chi connectivity index (χ0) is 42.4. The van der Waals surface area contributed by atoms with Gasteiger partial charge in [0.25, 0.3) is 0 Å². The molecule has 0 aliphatic carbocycles. The van der Waals surface area contributed by atoms with Crippen LogP contribution in [0.5, 0.6) is 0 Å². The van der Waals surface area contributed by atoms with E-state index in [0.717, 1.165) is 64.2 Å². The van der Waals surface area contributed by atoms with Gasteiger partial charge in [-0.1, -0.05) is 109 Å². The summed E-state index contributed by atoms with van der Waals surface area (Å²) in [6, 6.07) is 0. The summed E-state index contributed by atoms with van der Waals surface area (Å²) in [4.78, 5) is 12.9. The second kappa shape index (κ2) is 33.1. The molecule has 7 N–H and O–H groups in total. The fourth-order valence-corrected chi connectivity index (χ4v) is 6.91. The Hall–Kier alpha value is -1.53. The van der Waals surface area contributed by atoms with E-state index in [0.29, 0.717) is 13.0 Å². The van der Waals surface area contributed by atoms with Gasteiger partial charge in [0.2, 0.25) is 0 Å². The molecule has 0 aromatic rings. The standard InChI is InChI=1S/C44H80O14/c1-3-5-7-9-11-13-15-16-18-20-22-24-26-28-53-30-33(56-36(46)27-25-23-21-19-17-14-12-10-8-6-4-2)31-54-43-42(52)40(50)38(48)35(58-43)32-55-44-41(51)39(49)37(47)34(29-45)57-44/h10-13,33-35,37-45,47-52H,3-9,14-32H2,1-2H3/b12-10-,13-11-. The smallest absolute Gasteiger partial charge is 0.306 e. The van der Waals surface area contributed by atoms with E-state index in [2.05, 4.69) is 38.2 Å². The lowest BCUT2D eigenvalue weighted by atomic mass is 9.98. The number of rotatable bonds is 34. The Morgan fingerprint density at radius 2 is 1.03 bits per heavy atom. The van der Waals surface area contributed by atoms with Crippen molar-refractivity contribution in [2.24, 2.45) is 0 Å². The number of ether oxygens (including phenoxy) is 6. The molecular weight excluding hydrogens is 752 g/mol. The molecule has 340 valence electrons. The lowest BCUT2D eigenvalue weighted by Gasteiger charge is -2.42. The summed E-state index contributed by atoms with van der Waals surface area (Å²) in [7, 11) is 0. The average molecular weight is 833 g/mol. The first-order valence-corrected chi connectivity index (χ1v) is 22.4. The van der Waals surface area contributed by atoms with Gasteiger partial charge in [0.05, 0.1) is 26.4 Å². The largest absolute Gasteiger partial charge is 0.457 e. The third-order valence-electron chi connectivity index (χ3n) is 10.7. The predicted molar refractivity (Wildman–Crippen MR) is 220 cm³/mol. The van der Waals surface area contributed by atoms with Crippen LogP contribution in [0, 0.1) is 0 Å². The molecule has 0 saturated carbocycles. The predicted octanol–water partition coefficient (Wildman–Crippen LogP) is 4.90. The van der Waals surface area contributed by atoms with Crippen LogP contribution in [0.2, 0.25) is 0 Å². The van der Waals surface area contributed by atoms with Crippen molar-refractivity contribution in [2.75, 3.05) is 33.0 Å². The molecule has 0 aromatic heterocycles. The molecule has 0 radical (unpaired) electrons. The Labute approximate surface area is 347 Å². The van der Waals surface area contributed by atoms with E-state index in [1.54, 1.807) is 0 Å². The van der Waals surface area contributed by atoms with Crippen LogP contribution in [0.25, 0.3) is 0 Å². The van der Waals surface area contributed by atoms with E-state index < -0.39 is 86.7 Å². The lowest BCUT2D eigenvalue weighted by Crippen LogP contribution is -2.61. The number of unbranched alkanes of at least 4 members (excludes halogenated alkanes) is 16.